The Morgan fingerprint density at radius 3 is 1.22 bits per heavy atom. The molecule has 0 aliphatic carbocycles. The van der Waals surface area contributed by atoms with E-state index in [0.29, 0.717) is 19.4 Å². The number of allylic oxidation sites excluding steroid dienone is 8. The van der Waals surface area contributed by atoms with E-state index in [9.17, 15) is 9.59 Å². The van der Waals surface area contributed by atoms with E-state index in [-0.39, 0.29) is 25.2 Å². The fraction of sp³-hybridized carbons (Fsp3) is 0.818. The number of unbranched alkanes of at least 4 members (excludes halogenated alkanes) is 29. The number of carbonyl (C=O) groups is 2. The lowest BCUT2D eigenvalue weighted by atomic mass is 10.1. The average Bonchev–Trinajstić information content (AvgIpc) is 3.25. The molecule has 0 N–H and O–H groups in total. The molecule has 0 radical (unpaired) electrons. The van der Waals surface area contributed by atoms with Crippen molar-refractivity contribution in [2.75, 3.05) is 19.8 Å². The number of ether oxygens (including phenoxy) is 3. The van der Waals surface area contributed by atoms with Crippen LogP contribution in [0.25, 0.3) is 0 Å². The van der Waals surface area contributed by atoms with Crippen molar-refractivity contribution in [3.63, 3.8) is 0 Å². The highest BCUT2D eigenvalue weighted by atomic mass is 16.6. The van der Waals surface area contributed by atoms with Gasteiger partial charge in [0.15, 0.2) is 6.10 Å². The summed E-state index contributed by atoms with van der Waals surface area (Å²) < 4.78 is 17.4. The highest BCUT2D eigenvalue weighted by Crippen LogP contribution is 2.15. The first kappa shape index (κ1) is 57.9. The summed E-state index contributed by atoms with van der Waals surface area (Å²) >= 11 is 0. The Labute approximate surface area is 373 Å². The third kappa shape index (κ3) is 48.5. The van der Waals surface area contributed by atoms with Crippen LogP contribution in [0.5, 0.6) is 0 Å². The summed E-state index contributed by atoms with van der Waals surface area (Å²) in [5.74, 6) is -0.399. The fourth-order valence-electron chi connectivity index (χ4n) is 7.46. The highest BCUT2D eigenvalue weighted by molar-refractivity contribution is 5.70. The number of hydrogen-bond donors (Lipinski definition) is 0. The minimum absolute atomic E-state index is 0.0829. The summed E-state index contributed by atoms with van der Waals surface area (Å²) in [4.78, 5) is 25.3. The Morgan fingerprint density at radius 2 is 0.750 bits per heavy atom. The van der Waals surface area contributed by atoms with E-state index < -0.39 is 6.10 Å². The van der Waals surface area contributed by atoms with Crippen molar-refractivity contribution < 1.29 is 23.8 Å². The van der Waals surface area contributed by atoms with Gasteiger partial charge in [0.05, 0.1) is 6.61 Å². The van der Waals surface area contributed by atoms with Gasteiger partial charge in [-0.05, 0) is 77.0 Å². The smallest absolute Gasteiger partial charge is 0.306 e. The van der Waals surface area contributed by atoms with Gasteiger partial charge in [-0.1, -0.05) is 223 Å². The van der Waals surface area contributed by atoms with E-state index in [4.69, 9.17) is 14.2 Å². The Balaban J connectivity index is 4.17. The average molecular weight is 841 g/mol. The van der Waals surface area contributed by atoms with Gasteiger partial charge < -0.3 is 14.2 Å². The van der Waals surface area contributed by atoms with Crippen molar-refractivity contribution in [2.45, 2.75) is 271 Å². The molecular formula is C55H100O5. The molecule has 0 aliphatic heterocycles. The number of esters is 2. The molecule has 5 nitrogen and oxygen atoms in total. The van der Waals surface area contributed by atoms with Crippen LogP contribution in [0.15, 0.2) is 48.6 Å². The van der Waals surface area contributed by atoms with Crippen LogP contribution in [0.2, 0.25) is 0 Å². The van der Waals surface area contributed by atoms with Crippen LogP contribution in [-0.2, 0) is 23.8 Å². The van der Waals surface area contributed by atoms with Crippen molar-refractivity contribution in [1.29, 1.82) is 0 Å². The lowest BCUT2D eigenvalue weighted by Crippen LogP contribution is -2.30. The van der Waals surface area contributed by atoms with E-state index >= 15 is 0 Å². The maximum atomic E-state index is 12.7. The predicted octanol–water partition coefficient (Wildman–Crippen LogP) is 17.6. The number of rotatable bonds is 48. The summed E-state index contributed by atoms with van der Waals surface area (Å²) in [5.41, 5.74) is 0. The maximum absolute atomic E-state index is 12.7. The van der Waals surface area contributed by atoms with E-state index in [2.05, 4.69) is 69.4 Å². The van der Waals surface area contributed by atoms with E-state index in [1.165, 1.54) is 173 Å². The molecule has 0 bridgehead atoms. The minimum Gasteiger partial charge on any atom is -0.462 e. The third-order valence-corrected chi connectivity index (χ3v) is 11.3. The second-order valence-corrected chi connectivity index (χ2v) is 17.4. The Hall–Kier alpha value is -2.14. The summed E-state index contributed by atoms with van der Waals surface area (Å²) in [6.45, 7) is 7.71. The summed E-state index contributed by atoms with van der Waals surface area (Å²) in [5, 5.41) is 0. The van der Waals surface area contributed by atoms with Gasteiger partial charge in [-0.15, -0.1) is 0 Å². The third-order valence-electron chi connectivity index (χ3n) is 11.3. The van der Waals surface area contributed by atoms with Crippen LogP contribution >= 0.6 is 0 Å². The summed E-state index contributed by atoms with van der Waals surface area (Å²) in [6.07, 6.45) is 62.7. The first-order chi connectivity index (χ1) is 29.6. The van der Waals surface area contributed by atoms with Crippen LogP contribution in [0.3, 0.4) is 0 Å². The minimum atomic E-state index is -0.537. The zero-order chi connectivity index (χ0) is 43.5. The molecule has 0 aromatic heterocycles. The molecule has 0 saturated heterocycles. The van der Waals surface area contributed by atoms with Crippen molar-refractivity contribution in [3.05, 3.63) is 48.6 Å². The first-order valence-corrected chi connectivity index (χ1v) is 26.2. The normalized spacial score (nSPS) is 12.5. The topological polar surface area (TPSA) is 61.8 Å². The van der Waals surface area contributed by atoms with E-state index in [1.54, 1.807) is 0 Å². The fourth-order valence-corrected chi connectivity index (χ4v) is 7.46. The van der Waals surface area contributed by atoms with Crippen molar-refractivity contribution in [2.24, 2.45) is 0 Å². The van der Waals surface area contributed by atoms with Crippen molar-refractivity contribution >= 4 is 11.9 Å². The Bertz CT molecular complexity index is 997. The quantitative estimate of drug-likeness (QED) is 0.0347. The molecular weight excluding hydrogens is 741 g/mol. The van der Waals surface area contributed by atoms with Crippen LogP contribution in [0.1, 0.15) is 265 Å². The Morgan fingerprint density at radius 1 is 0.383 bits per heavy atom. The molecule has 5 heteroatoms. The monoisotopic (exact) mass is 841 g/mol. The lowest BCUT2D eigenvalue weighted by molar-refractivity contribution is -0.163. The van der Waals surface area contributed by atoms with E-state index in [0.717, 1.165) is 57.8 Å². The van der Waals surface area contributed by atoms with Gasteiger partial charge in [0.2, 0.25) is 0 Å². The highest BCUT2D eigenvalue weighted by Gasteiger charge is 2.17. The second kappa shape index (κ2) is 51.2. The largest absolute Gasteiger partial charge is 0.462 e. The molecule has 0 rings (SSSR count). The van der Waals surface area contributed by atoms with Gasteiger partial charge in [-0.3, -0.25) is 9.59 Å². The molecule has 0 spiro atoms. The molecule has 60 heavy (non-hydrogen) atoms. The lowest BCUT2D eigenvalue weighted by Gasteiger charge is -2.18. The van der Waals surface area contributed by atoms with Crippen LogP contribution in [0.4, 0.5) is 0 Å². The van der Waals surface area contributed by atoms with Crippen LogP contribution in [0, 0.1) is 0 Å². The predicted molar refractivity (Wildman–Crippen MR) is 261 cm³/mol. The maximum Gasteiger partial charge on any atom is 0.306 e. The van der Waals surface area contributed by atoms with Gasteiger partial charge in [0.1, 0.15) is 6.61 Å². The number of carbonyl (C=O) groups excluding carboxylic acids is 2. The number of hydrogen-bond acceptors (Lipinski definition) is 5. The molecule has 0 fully saturated rings. The molecule has 0 amide bonds. The van der Waals surface area contributed by atoms with Gasteiger partial charge >= 0.3 is 11.9 Å². The molecule has 0 aliphatic rings. The molecule has 350 valence electrons. The zero-order valence-electron chi connectivity index (χ0n) is 40.2. The molecule has 1 unspecified atom stereocenters. The van der Waals surface area contributed by atoms with Crippen LogP contribution in [-0.4, -0.2) is 37.9 Å². The van der Waals surface area contributed by atoms with Gasteiger partial charge in [0, 0.05) is 19.4 Å². The van der Waals surface area contributed by atoms with Crippen molar-refractivity contribution in [3.8, 4) is 0 Å². The zero-order valence-corrected chi connectivity index (χ0v) is 40.2. The van der Waals surface area contributed by atoms with E-state index in [1.807, 2.05) is 0 Å². The molecule has 1 atom stereocenters. The van der Waals surface area contributed by atoms with Crippen molar-refractivity contribution in [1.82, 2.24) is 0 Å². The second-order valence-electron chi connectivity index (χ2n) is 17.4. The molecule has 0 aromatic rings. The van der Waals surface area contributed by atoms with Gasteiger partial charge in [0.25, 0.3) is 0 Å². The molecule has 0 saturated carbocycles. The molecule has 0 heterocycles. The SMILES string of the molecule is CC/C=C\C/C=C\C/C=C\CCCCCCCCCCOCC(COC(=O)CCCCCCCCC/C=C\CCCCCCCC)OC(=O)CCCCCCCCCCC. The summed E-state index contributed by atoms with van der Waals surface area (Å²) in [7, 11) is 0. The van der Waals surface area contributed by atoms with Gasteiger partial charge in [-0.2, -0.15) is 0 Å². The molecule has 0 aromatic carbocycles. The Kier molecular flexibility index (Phi) is 49.4. The summed E-state index contributed by atoms with van der Waals surface area (Å²) in [6, 6.07) is 0. The first-order valence-electron chi connectivity index (χ1n) is 26.2. The van der Waals surface area contributed by atoms with Crippen LogP contribution < -0.4 is 0 Å². The standard InChI is InChI=1S/C55H100O5/c1-4-7-10-13-16-19-21-23-25-27-29-31-33-35-38-41-44-47-50-58-51-53(60-55(57)49-46-43-40-36-18-15-12-9-6-3)52-59-54(56)48-45-42-39-37-34-32-30-28-26-24-22-20-17-14-11-8-5-2/h7,10,16,19,23-26,53H,4-6,8-9,11-15,17-18,20-22,27-52H2,1-3H3/b10-7-,19-16-,25-23-,26-24-. The van der Waals surface area contributed by atoms with Gasteiger partial charge in [-0.25, -0.2) is 0 Å².